The zero-order valence-electron chi connectivity index (χ0n) is 7.93. The van der Waals surface area contributed by atoms with Crippen LogP contribution in [0.25, 0.3) is 0 Å². The summed E-state index contributed by atoms with van der Waals surface area (Å²) in [5, 5.41) is 20.1. The Labute approximate surface area is 86.8 Å². The third kappa shape index (κ3) is 2.11. The van der Waals surface area contributed by atoms with Gasteiger partial charge in [-0.25, -0.2) is 4.79 Å². The van der Waals surface area contributed by atoms with Gasteiger partial charge < -0.3 is 20.1 Å². The summed E-state index contributed by atoms with van der Waals surface area (Å²) in [4.78, 5) is 10.3. The maximum atomic E-state index is 10.3. The minimum absolute atomic E-state index is 0.231. The second-order valence-corrected chi connectivity index (χ2v) is 3.36. The van der Waals surface area contributed by atoms with Gasteiger partial charge in [0.25, 0.3) is 0 Å². The number of hydrogen-bond acceptors (Lipinski definition) is 3. The number of nitrogens with one attached hydrogen (secondary N) is 1. The van der Waals surface area contributed by atoms with Crippen molar-refractivity contribution in [3.8, 4) is 0 Å². The van der Waals surface area contributed by atoms with E-state index in [1.165, 1.54) is 0 Å². The van der Waals surface area contributed by atoms with Crippen LogP contribution in [0.2, 0.25) is 0 Å². The highest BCUT2D eigenvalue weighted by Gasteiger charge is 2.26. The lowest BCUT2D eigenvalue weighted by Gasteiger charge is -2.04. The molecule has 0 spiro atoms. The Balaban J connectivity index is 2.14. The second-order valence-electron chi connectivity index (χ2n) is 3.36. The second kappa shape index (κ2) is 3.92. The molecule has 0 atom stereocenters. The van der Waals surface area contributed by atoms with E-state index in [9.17, 15) is 9.82 Å². The van der Waals surface area contributed by atoms with Crippen molar-refractivity contribution in [2.24, 2.45) is 0 Å². The maximum absolute atomic E-state index is 10.3. The Morgan fingerprint density at radius 3 is 3.13 bits per heavy atom. The van der Waals surface area contributed by atoms with Crippen LogP contribution in [0.4, 0.5) is 4.79 Å². The molecular weight excluding hydrogens is 197 g/mol. The molecule has 1 amide bonds. The van der Waals surface area contributed by atoms with E-state index in [1.807, 2.05) is 12.1 Å². The predicted octanol–water partition coefficient (Wildman–Crippen LogP) is -0.328. The van der Waals surface area contributed by atoms with Crippen molar-refractivity contribution < 1.29 is 19.6 Å². The number of fused-ring (bicyclic) bond motifs is 1. The topological polar surface area (TPSA) is 78.8 Å². The molecule has 1 aliphatic heterocycles. The van der Waals surface area contributed by atoms with Gasteiger partial charge in [0.15, 0.2) is 0 Å². The van der Waals surface area contributed by atoms with Crippen LogP contribution in [0.1, 0.15) is 11.1 Å². The molecule has 15 heavy (non-hydrogen) atoms. The van der Waals surface area contributed by atoms with E-state index in [2.05, 4.69) is 5.32 Å². The monoisotopic (exact) mass is 207 g/mol. The highest BCUT2D eigenvalue weighted by atomic mass is 16.5. The van der Waals surface area contributed by atoms with Crippen molar-refractivity contribution in [2.75, 3.05) is 0 Å². The molecule has 0 radical (unpaired) electrons. The van der Waals surface area contributed by atoms with Crippen molar-refractivity contribution >= 4 is 18.7 Å². The fourth-order valence-electron chi connectivity index (χ4n) is 1.55. The first kappa shape index (κ1) is 10.0. The Kier molecular flexibility index (Phi) is 2.61. The van der Waals surface area contributed by atoms with Crippen LogP contribution in [0.15, 0.2) is 18.2 Å². The van der Waals surface area contributed by atoms with E-state index in [4.69, 9.17) is 9.76 Å². The summed E-state index contributed by atoms with van der Waals surface area (Å²) >= 11 is 0. The number of amides is 1. The van der Waals surface area contributed by atoms with Gasteiger partial charge in [0.2, 0.25) is 0 Å². The molecule has 6 heteroatoms. The SMILES string of the molecule is O=C(O)NCc1ccc2c(c1)B(O)OC2. The molecule has 0 saturated carbocycles. The molecule has 78 valence electrons. The fraction of sp³-hybridized carbons (Fsp3) is 0.222. The molecular formula is C9H10BNO4. The van der Waals surface area contributed by atoms with E-state index in [1.54, 1.807) is 6.07 Å². The van der Waals surface area contributed by atoms with Crippen LogP contribution in [0.5, 0.6) is 0 Å². The van der Waals surface area contributed by atoms with Crippen LogP contribution >= 0.6 is 0 Å². The standard InChI is InChI=1S/C9H10BNO4/c12-9(13)11-4-6-1-2-7-5-15-10(14)8(7)3-6/h1-3,11,14H,4-5H2,(H,12,13). The van der Waals surface area contributed by atoms with Crippen molar-refractivity contribution in [1.82, 2.24) is 5.32 Å². The first-order valence-electron chi connectivity index (χ1n) is 4.55. The largest absolute Gasteiger partial charge is 0.491 e. The van der Waals surface area contributed by atoms with Crippen molar-refractivity contribution in [2.45, 2.75) is 13.2 Å². The zero-order chi connectivity index (χ0) is 10.8. The van der Waals surface area contributed by atoms with Gasteiger partial charge in [-0.1, -0.05) is 18.2 Å². The summed E-state index contributed by atoms with van der Waals surface area (Å²) in [7, 11) is -0.884. The molecule has 0 unspecified atom stereocenters. The Bertz CT molecular complexity index is 396. The summed E-state index contributed by atoms with van der Waals surface area (Å²) in [5.41, 5.74) is 2.47. The van der Waals surface area contributed by atoms with Gasteiger partial charge in [-0.15, -0.1) is 0 Å². The maximum Gasteiger partial charge on any atom is 0.491 e. The van der Waals surface area contributed by atoms with E-state index >= 15 is 0 Å². The Morgan fingerprint density at radius 1 is 1.60 bits per heavy atom. The third-order valence-corrected chi connectivity index (χ3v) is 2.32. The molecule has 0 fully saturated rings. The van der Waals surface area contributed by atoms with E-state index < -0.39 is 13.2 Å². The predicted molar refractivity (Wildman–Crippen MR) is 53.7 cm³/mol. The van der Waals surface area contributed by atoms with Crippen molar-refractivity contribution in [3.63, 3.8) is 0 Å². The summed E-state index contributed by atoms with van der Waals surface area (Å²) in [6, 6.07) is 5.41. The minimum Gasteiger partial charge on any atom is -0.465 e. The molecule has 1 aromatic carbocycles. The van der Waals surface area contributed by atoms with Crippen molar-refractivity contribution in [1.29, 1.82) is 0 Å². The van der Waals surface area contributed by atoms with Crippen molar-refractivity contribution in [3.05, 3.63) is 29.3 Å². The molecule has 5 nitrogen and oxygen atoms in total. The Morgan fingerprint density at radius 2 is 2.40 bits per heavy atom. The summed E-state index contributed by atoms with van der Waals surface area (Å²) < 4.78 is 5.02. The van der Waals surface area contributed by atoms with Gasteiger partial charge in [-0.2, -0.15) is 0 Å². The zero-order valence-corrected chi connectivity index (χ0v) is 7.93. The summed E-state index contributed by atoms with van der Waals surface area (Å²) in [6.07, 6.45) is -1.06. The van der Waals surface area contributed by atoms with Crippen LogP contribution in [0, 0.1) is 0 Å². The van der Waals surface area contributed by atoms with Gasteiger partial charge in [-0.3, -0.25) is 0 Å². The number of benzene rings is 1. The quantitative estimate of drug-likeness (QED) is 0.580. The Hall–Kier alpha value is -1.53. The lowest BCUT2D eigenvalue weighted by Crippen LogP contribution is -2.29. The first-order valence-corrected chi connectivity index (χ1v) is 4.55. The van der Waals surface area contributed by atoms with Gasteiger partial charge in [0, 0.05) is 6.54 Å². The number of carbonyl (C=O) groups is 1. The molecule has 3 N–H and O–H groups in total. The molecule has 1 heterocycles. The van der Waals surface area contributed by atoms with Gasteiger partial charge >= 0.3 is 13.2 Å². The van der Waals surface area contributed by atoms with Crippen LogP contribution < -0.4 is 10.8 Å². The van der Waals surface area contributed by atoms with Crippen LogP contribution in [0.3, 0.4) is 0 Å². The highest BCUT2D eigenvalue weighted by Crippen LogP contribution is 2.11. The number of carboxylic acid groups (broad SMARTS) is 1. The van der Waals surface area contributed by atoms with Gasteiger partial charge in [-0.05, 0) is 16.6 Å². The summed E-state index contributed by atoms with van der Waals surface area (Å²) in [5.74, 6) is 0. The lowest BCUT2D eigenvalue weighted by molar-refractivity contribution is 0.194. The average Bonchev–Trinajstić information content (AvgIpc) is 2.57. The molecule has 0 aromatic heterocycles. The lowest BCUT2D eigenvalue weighted by atomic mass is 9.79. The van der Waals surface area contributed by atoms with Gasteiger partial charge in [0.1, 0.15) is 0 Å². The normalized spacial score (nSPS) is 13.8. The van der Waals surface area contributed by atoms with E-state index in [0.717, 1.165) is 16.6 Å². The average molecular weight is 207 g/mol. The van der Waals surface area contributed by atoms with Crippen LogP contribution in [-0.2, 0) is 17.8 Å². The first-order chi connectivity index (χ1) is 7.16. The van der Waals surface area contributed by atoms with Gasteiger partial charge in [0.05, 0.1) is 6.61 Å². The third-order valence-electron chi connectivity index (χ3n) is 2.32. The minimum atomic E-state index is -1.06. The summed E-state index contributed by atoms with van der Waals surface area (Å²) in [6.45, 7) is 0.637. The number of hydrogen-bond donors (Lipinski definition) is 3. The number of rotatable bonds is 2. The molecule has 0 bridgehead atoms. The van der Waals surface area contributed by atoms with E-state index in [0.29, 0.717) is 6.61 Å². The van der Waals surface area contributed by atoms with E-state index in [-0.39, 0.29) is 6.54 Å². The molecule has 1 aromatic rings. The smallest absolute Gasteiger partial charge is 0.465 e. The molecule has 0 aliphatic carbocycles. The molecule has 0 saturated heterocycles. The van der Waals surface area contributed by atoms with Crippen LogP contribution in [-0.4, -0.2) is 23.3 Å². The molecule has 1 aliphatic rings. The highest BCUT2D eigenvalue weighted by molar-refractivity contribution is 6.61. The fourth-order valence-corrected chi connectivity index (χ4v) is 1.55. The molecule has 2 rings (SSSR count).